The van der Waals surface area contributed by atoms with E-state index < -0.39 is 0 Å². The van der Waals surface area contributed by atoms with Gasteiger partial charge in [0.2, 0.25) is 0 Å². The number of methoxy groups -OCH3 is 1. The smallest absolute Gasteiger partial charge is 0.256 e. The molecule has 0 heterocycles. The summed E-state index contributed by atoms with van der Waals surface area (Å²) in [4.78, 5) is 12.5. The Kier molecular flexibility index (Phi) is 4.14. The number of anilines is 1. The van der Waals surface area contributed by atoms with Crippen molar-refractivity contribution in [2.45, 2.75) is 32.6 Å². The van der Waals surface area contributed by atoms with Crippen LogP contribution in [-0.2, 0) is 12.8 Å². The van der Waals surface area contributed by atoms with Crippen LogP contribution in [0.3, 0.4) is 0 Å². The van der Waals surface area contributed by atoms with Crippen molar-refractivity contribution in [2.24, 2.45) is 0 Å². The number of rotatable bonds is 3. The highest BCUT2D eigenvalue weighted by Crippen LogP contribution is 2.33. The molecule has 1 aliphatic carbocycles. The quantitative estimate of drug-likeness (QED) is 0.924. The fourth-order valence-corrected chi connectivity index (χ4v) is 3.05. The third-order valence-corrected chi connectivity index (χ3v) is 4.30. The first-order valence-corrected chi connectivity index (χ1v) is 7.76. The van der Waals surface area contributed by atoms with Crippen LogP contribution in [0.5, 0.6) is 5.75 Å². The Balaban J connectivity index is 1.91. The molecule has 0 saturated heterocycles. The summed E-state index contributed by atoms with van der Waals surface area (Å²) in [6.07, 6.45) is 4.61. The molecule has 0 aliphatic heterocycles. The van der Waals surface area contributed by atoms with E-state index in [2.05, 4.69) is 17.4 Å². The monoisotopic (exact) mass is 295 g/mol. The van der Waals surface area contributed by atoms with Gasteiger partial charge in [-0.25, -0.2) is 0 Å². The summed E-state index contributed by atoms with van der Waals surface area (Å²) in [5.74, 6) is 0.648. The Bertz CT molecular complexity index is 707. The lowest BCUT2D eigenvalue weighted by molar-refractivity contribution is 0.102. The van der Waals surface area contributed by atoms with Gasteiger partial charge in [0.25, 0.3) is 5.91 Å². The highest BCUT2D eigenvalue weighted by atomic mass is 16.5. The number of amides is 1. The van der Waals surface area contributed by atoms with Crippen LogP contribution in [-0.4, -0.2) is 13.0 Å². The predicted molar refractivity (Wildman–Crippen MR) is 88.8 cm³/mol. The molecule has 22 heavy (non-hydrogen) atoms. The number of hydrogen-bond donors (Lipinski definition) is 1. The third kappa shape index (κ3) is 2.84. The molecule has 0 atom stereocenters. The molecule has 3 heteroatoms. The van der Waals surface area contributed by atoms with E-state index in [1.807, 2.05) is 31.2 Å². The summed E-state index contributed by atoms with van der Waals surface area (Å²) in [5.41, 5.74) is 5.10. The minimum Gasteiger partial charge on any atom is -0.495 e. The van der Waals surface area contributed by atoms with Crippen LogP contribution in [0.25, 0.3) is 0 Å². The second-order valence-electron chi connectivity index (χ2n) is 5.80. The van der Waals surface area contributed by atoms with Gasteiger partial charge in [0.05, 0.1) is 12.8 Å². The average molecular weight is 295 g/mol. The molecule has 1 N–H and O–H groups in total. The summed E-state index contributed by atoms with van der Waals surface area (Å²) >= 11 is 0. The van der Waals surface area contributed by atoms with Crippen molar-refractivity contribution in [3.63, 3.8) is 0 Å². The number of fused-ring (bicyclic) bond motifs is 1. The molecule has 0 radical (unpaired) electrons. The van der Waals surface area contributed by atoms with E-state index in [-0.39, 0.29) is 5.91 Å². The lowest BCUT2D eigenvalue weighted by Gasteiger charge is -2.19. The topological polar surface area (TPSA) is 38.3 Å². The van der Waals surface area contributed by atoms with E-state index in [0.717, 1.165) is 29.8 Å². The van der Waals surface area contributed by atoms with Gasteiger partial charge in [0.1, 0.15) is 5.75 Å². The second kappa shape index (κ2) is 6.22. The Hall–Kier alpha value is -2.29. The lowest BCUT2D eigenvalue weighted by atomic mass is 9.91. The molecule has 0 unspecified atom stereocenters. The van der Waals surface area contributed by atoms with Crippen molar-refractivity contribution >= 4 is 11.6 Å². The number of hydrogen-bond acceptors (Lipinski definition) is 2. The molecule has 0 bridgehead atoms. The summed E-state index contributed by atoms with van der Waals surface area (Å²) in [6, 6.07) is 11.7. The Morgan fingerprint density at radius 2 is 1.77 bits per heavy atom. The SMILES string of the molecule is COc1cc2c(cc1NC(=O)c1ccccc1C)CCCC2. The number of nitrogens with one attached hydrogen (secondary N) is 1. The molecule has 0 aromatic heterocycles. The van der Waals surface area contributed by atoms with Gasteiger partial charge in [-0.1, -0.05) is 18.2 Å². The second-order valence-corrected chi connectivity index (χ2v) is 5.80. The third-order valence-electron chi connectivity index (χ3n) is 4.30. The fourth-order valence-electron chi connectivity index (χ4n) is 3.05. The zero-order valence-corrected chi connectivity index (χ0v) is 13.1. The van der Waals surface area contributed by atoms with Crippen molar-refractivity contribution < 1.29 is 9.53 Å². The Morgan fingerprint density at radius 1 is 1.09 bits per heavy atom. The average Bonchev–Trinajstić information content (AvgIpc) is 2.54. The Labute approximate surface area is 131 Å². The van der Waals surface area contributed by atoms with Crippen LogP contribution in [0.4, 0.5) is 5.69 Å². The van der Waals surface area contributed by atoms with Gasteiger partial charge >= 0.3 is 0 Å². The van der Waals surface area contributed by atoms with Crippen LogP contribution < -0.4 is 10.1 Å². The van der Waals surface area contributed by atoms with Crippen molar-refractivity contribution in [3.05, 3.63) is 58.7 Å². The zero-order valence-electron chi connectivity index (χ0n) is 13.1. The Morgan fingerprint density at radius 3 is 2.45 bits per heavy atom. The highest BCUT2D eigenvalue weighted by Gasteiger charge is 2.16. The molecule has 114 valence electrons. The van der Waals surface area contributed by atoms with Crippen LogP contribution >= 0.6 is 0 Å². The standard InChI is InChI=1S/C19H21NO2/c1-13-7-3-6-10-16(13)19(21)20-17-11-14-8-4-5-9-15(14)12-18(17)22-2/h3,6-7,10-12H,4-5,8-9H2,1-2H3,(H,20,21). The first kappa shape index (κ1) is 14.6. The van der Waals surface area contributed by atoms with Gasteiger partial charge < -0.3 is 10.1 Å². The molecule has 0 fully saturated rings. The molecule has 2 aromatic rings. The highest BCUT2D eigenvalue weighted by molar-refractivity contribution is 6.06. The molecule has 0 saturated carbocycles. The van der Waals surface area contributed by atoms with Crippen molar-refractivity contribution in [2.75, 3.05) is 12.4 Å². The first-order valence-electron chi connectivity index (χ1n) is 7.76. The zero-order chi connectivity index (χ0) is 15.5. The van der Waals surface area contributed by atoms with Crippen molar-refractivity contribution in [1.82, 2.24) is 0 Å². The van der Waals surface area contributed by atoms with Crippen molar-refractivity contribution in [1.29, 1.82) is 0 Å². The summed E-state index contributed by atoms with van der Waals surface area (Å²) < 4.78 is 5.46. The molecular formula is C19H21NO2. The number of benzene rings is 2. The van der Waals surface area contributed by atoms with Crippen LogP contribution in [0.2, 0.25) is 0 Å². The molecule has 1 amide bonds. The molecule has 1 aliphatic rings. The summed E-state index contributed by atoms with van der Waals surface area (Å²) in [5, 5.41) is 3.00. The summed E-state index contributed by atoms with van der Waals surface area (Å²) in [7, 11) is 1.65. The molecule has 3 nitrogen and oxygen atoms in total. The maximum atomic E-state index is 12.5. The number of carbonyl (C=O) groups is 1. The van der Waals surface area contributed by atoms with E-state index in [4.69, 9.17) is 4.74 Å². The molecular weight excluding hydrogens is 274 g/mol. The largest absolute Gasteiger partial charge is 0.495 e. The number of carbonyl (C=O) groups excluding carboxylic acids is 1. The van der Waals surface area contributed by atoms with E-state index in [0.29, 0.717) is 5.56 Å². The van der Waals surface area contributed by atoms with E-state index in [9.17, 15) is 4.79 Å². The maximum Gasteiger partial charge on any atom is 0.256 e. The van der Waals surface area contributed by atoms with Crippen LogP contribution in [0.1, 0.15) is 39.9 Å². The van der Waals surface area contributed by atoms with Gasteiger partial charge in [-0.2, -0.15) is 0 Å². The van der Waals surface area contributed by atoms with Gasteiger partial charge in [-0.05, 0) is 67.5 Å². The number of ether oxygens (including phenoxy) is 1. The van der Waals surface area contributed by atoms with Crippen LogP contribution in [0.15, 0.2) is 36.4 Å². The number of aryl methyl sites for hydroxylation is 3. The molecule has 0 spiro atoms. The molecule has 3 rings (SSSR count). The fraction of sp³-hybridized carbons (Fsp3) is 0.316. The van der Waals surface area contributed by atoms with Gasteiger partial charge in [-0.3, -0.25) is 4.79 Å². The van der Waals surface area contributed by atoms with Gasteiger partial charge in [-0.15, -0.1) is 0 Å². The minimum atomic E-state index is -0.0906. The van der Waals surface area contributed by atoms with E-state index in [1.165, 1.54) is 24.0 Å². The van der Waals surface area contributed by atoms with Gasteiger partial charge in [0, 0.05) is 5.56 Å². The van der Waals surface area contributed by atoms with E-state index >= 15 is 0 Å². The minimum absolute atomic E-state index is 0.0906. The van der Waals surface area contributed by atoms with Crippen LogP contribution in [0, 0.1) is 6.92 Å². The predicted octanol–water partition coefficient (Wildman–Crippen LogP) is 4.13. The lowest BCUT2D eigenvalue weighted by Crippen LogP contribution is -2.15. The van der Waals surface area contributed by atoms with Crippen molar-refractivity contribution in [3.8, 4) is 5.75 Å². The van der Waals surface area contributed by atoms with E-state index in [1.54, 1.807) is 7.11 Å². The normalized spacial score (nSPS) is 13.4. The maximum absolute atomic E-state index is 12.5. The van der Waals surface area contributed by atoms with Gasteiger partial charge in [0.15, 0.2) is 0 Å². The molecule has 2 aromatic carbocycles. The summed E-state index contributed by atoms with van der Waals surface area (Å²) in [6.45, 7) is 1.94. The first-order chi connectivity index (χ1) is 10.7.